The maximum atomic E-state index is 12.3. The van der Waals surface area contributed by atoms with E-state index in [1.165, 1.54) is 11.8 Å². The Labute approximate surface area is 189 Å². The number of hydrogen-bond acceptors (Lipinski definition) is 7. The average Bonchev–Trinajstić information content (AvgIpc) is 3.17. The van der Waals surface area contributed by atoms with Crippen LogP contribution in [0.4, 0.5) is 5.69 Å². The molecule has 31 heavy (non-hydrogen) atoms. The van der Waals surface area contributed by atoms with E-state index < -0.39 is 0 Å². The Morgan fingerprint density at radius 3 is 2.71 bits per heavy atom. The Bertz CT molecular complexity index is 1040. The van der Waals surface area contributed by atoms with Crippen molar-refractivity contribution >= 4 is 35.0 Å². The van der Waals surface area contributed by atoms with E-state index in [0.29, 0.717) is 29.0 Å². The molecule has 0 saturated carbocycles. The molecule has 10 heteroatoms. The minimum atomic E-state index is -0.363. The van der Waals surface area contributed by atoms with Gasteiger partial charge >= 0.3 is 0 Å². The number of allylic oxidation sites excluding steroid dienone is 1. The van der Waals surface area contributed by atoms with Gasteiger partial charge in [0, 0.05) is 12.7 Å². The van der Waals surface area contributed by atoms with Gasteiger partial charge in [-0.2, -0.15) is 0 Å². The minimum absolute atomic E-state index is 0.133. The fraction of sp³-hybridized carbons (Fsp3) is 0.238. The number of aromatic nitrogens is 4. The number of methoxy groups -OCH3 is 1. The summed E-state index contributed by atoms with van der Waals surface area (Å²) in [7, 11) is 1.61. The molecule has 1 aromatic carbocycles. The molecule has 3 aromatic rings. The molecule has 0 aliphatic heterocycles. The Morgan fingerprint density at radius 2 is 2.03 bits per heavy atom. The van der Waals surface area contributed by atoms with Gasteiger partial charge in [-0.3, -0.25) is 9.36 Å². The van der Waals surface area contributed by atoms with Gasteiger partial charge in [0.25, 0.3) is 0 Å². The van der Waals surface area contributed by atoms with E-state index in [9.17, 15) is 4.79 Å². The van der Waals surface area contributed by atoms with Gasteiger partial charge in [0.1, 0.15) is 11.5 Å². The van der Waals surface area contributed by atoms with Crippen molar-refractivity contribution in [2.24, 2.45) is 0 Å². The van der Waals surface area contributed by atoms with Crippen LogP contribution >= 0.6 is 23.4 Å². The SMILES string of the molecule is C=CCn1c(SCC(=O)Nc2cccnc2Cl)nnc1C(C)Oc1ccc(OC)cc1. The van der Waals surface area contributed by atoms with Crippen LogP contribution in [-0.2, 0) is 11.3 Å². The zero-order valence-electron chi connectivity index (χ0n) is 17.1. The van der Waals surface area contributed by atoms with Crippen molar-refractivity contribution < 1.29 is 14.3 Å². The second kappa shape index (κ2) is 10.8. The molecule has 0 fully saturated rings. The first-order chi connectivity index (χ1) is 15.0. The summed E-state index contributed by atoms with van der Waals surface area (Å²) < 4.78 is 13.0. The second-order valence-electron chi connectivity index (χ2n) is 6.35. The van der Waals surface area contributed by atoms with Gasteiger partial charge in [-0.25, -0.2) is 4.98 Å². The highest BCUT2D eigenvalue weighted by atomic mass is 35.5. The molecular weight excluding hydrogens is 438 g/mol. The lowest BCUT2D eigenvalue weighted by atomic mass is 10.3. The predicted octanol–water partition coefficient (Wildman–Crippen LogP) is 4.39. The van der Waals surface area contributed by atoms with Crippen molar-refractivity contribution in [1.29, 1.82) is 0 Å². The smallest absolute Gasteiger partial charge is 0.234 e. The van der Waals surface area contributed by atoms with Crippen LogP contribution in [0.3, 0.4) is 0 Å². The standard InChI is InChI=1S/C21H22ClN5O3S/c1-4-12-27-20(14(2)30-16-9-7-15(29-3)8-10-16)25-26-21(27)31-13-18(28)24-17-6-5-11-23-19(17)22/h4-11,14H,1,12-13H2,2-3H3,(H,24,28). The van der Waals surface area contributed by atoms with Gasteiger partial charge in [-0.15, -0.1) is 16.8 Å². The normalized spacial score (nSPS) is 11.6. The number of nitrogens with zero attached hydrogens (tertiary/aromatic N) is 4. The summed E-state index contributed by atoms with van der Waals surface area (Å²) in [4.78, 5) is 16.3. The van der Waals surface area contributed by atoms with E-state index in [4.69, 9.17) is 21.1 Å². The minimum Gasteiger partial charge on any atom is -0.497 e. The molecule has 0 radical (unpaired) electrons. The third-order valence-corrected chi connectivity index (χ3v) is 5.43. The number of halogens is 1. The van der Waals surface area contributed by atoms with Crippen molar-refractivity contribution in [3.63, 3.8) is 0 Å². The van der Waals surface area contributed by atoms with Crippen LogP contribution in [0.1, 0.15) is 18.9 Å². The quantitative estimate of drug-likeness (QED) is 0.273. The number of rotatable bonds is 10. The molecular formula is C21H22ClN5O3S. The van der Waals surface area contributed by atoms with E-state index in [1.807, 2.05) is 35.8 Å². The zero-order chi connectivity index (χ0) is 22.2. The summed E-state index contributed by atoms with van der Waals surface area (Å²) in [6.07, 6.45) is 2.94. The van der Waals surface area contributed by atoms with Gasteiger partial charge in [0.2, 0.25) is 5.91 Å². The number of hydrogen-bond donors (Lipinski definition) is 1. The number of pyridine rings is 1. The first-order valence-corrected chi connectivity index (χ1v) is 10.8. The van der Waals surface area contributed by atoms with Crippen molar-refractivity contribution in [2.45, 2.75) is 24.7 Å². The number of ether oxygens (including phenoxy) is 2. The molecule has 3 rings (SSSR count). The Hall–Kier alpha value is -3.04. The average molecular weight is 460 g/mol. The van der Waals surface area contributed by atoms with Crippen LogP contribution in [-0.4, -0.2) is 38.5 Å². The molecule has 8 nitrogen and oxygen atoms in total. The monoisotopic (exact) mass is 459 g/mol. The van der Waals surface area contributed by atoms with E-state index >= 15 is 0 Å². The van der Waals surface area contributed by atoms with Gasteiger partial charge in [0.15, 0.2) is 22.2 Å². The molecule has 2 heterocycles. The molecule has 1 atom stereocenters. The third kappa shape index (κ3) is 5.99. The summed E-state index contributed by atoms with van der Waals surface area (Å²) in [6.45, 7) is 6.17. The maximum Gasteiger partial charge on any atom is 0.234 e. The highest BCUT2D eigenvalue weighted by Crippen LogP contribution is 2.26. The van der Waals surface area contributed by atoms with Crippen molar-refractivity contribution in [3.05, 3.63) is 66.2 Å². The van der Waals surface area contributed by atoms with E-state index in [-0.39, 0.29) is 22.9 Å². The molecule has 0 aliphatic rings. The Morgan fingerprint density at radius 1 is 1.29 bits per heavy atom. The lowest BCUT2D eigenvalue weighted by Gasteiger charge is -2.16. The topological polar surface area (TPSA) is 91.2 Å². The van der Waals surface area contributed by atoms with Crippen LogP contribution < -0.4 is 14.8 Å². The van der Waals surface area contributed by atoms with Crippen LogP contribution in [0.5, 0.6) is 11.5 Å². The first-order valence-electron chi connectivity index (χ1n) is 9.39. The van der Waals surface area contributed by atoms with Gasteiger partial charge in [-0.05, 0) is 43.3 Å². The Kier molecular flexibility index (Phi) is 7.91. The largest absolute Gasteiger partial charge is 0.497 e. The summed E-state index contributed by atoms with van der Waals surface area (Å²) in [5, 5.41) is 12.1. The van der Waals surface area contributed by atoms with Crippen LogP contribution in [0.15, 0.2) is 60.4 Å². The van der Waals surface area contributed by atoms with E-state index in [1.54, 1.807) is 31.5 Å². The van der Waals surface area contributed by atoms with Crippen LogP contribution in [0.2, 0.25) is 5.15 Å². The van der Waals surface area contributed by atoms with Crippen molar-refractivity contribution in [1.82, 2.24) is 19.7 Å². The van der Waals surface area contributed by atoms with E-state index in [0.717, 1.165) is 5.75 Å². The van der Waals surface area contributed by atoms with Gasteiger partial charge < -0.3 is 14.8 Å². The van der Waals surface area contributed by atoms with Gasteiger partial charge in [-0.1, -0.05) is 29.4 Å². The van der Waals surface area contributed by atoms with Crippen molar-refractivity contribution in [2.75, 3.05) is 18.2 Å². The van der Waals surface area contributed by atoms with Crippen molar-refractivity contribution in [3.8, 4) is 11.5 Å². The lowest BCUT2D eigenvalue weighted by molar-refractivity contribution is -0.113. The molecule has 162 valence electrons. The van der Waals surface area contributed by atoms with Crippen LogP contribution in [0.25, 0.3) is 0 Å². The molecule has 1 N–H and O–H groups in total. The Balaban J connectivity index is 1.66. The number of carbonyl (C=O) groups excluding carboxylic acids is 1. The summed E-state index contributed by atoms with van der Waals surface area (Å²) in [5.74, 6) is 1.97. The number of benzene rings is 1. The maximum absolute atomic E-state index is 12.3. The molecule has 2 aromatic heterocycles. The summed E-state index contributed by atoms with van der Waals surface area (Å²) in [6, 6.07) is 10.7. The lowest BCUT2D eigenvalue weighted by Crippen LogP contribution is -2.16. The fourth-order valence-electron chi connectivity index (χ4n) is 2.72. The molecule has 0 saturated heterocycles. The molecule has 0 spiro atoms. The number of thioether (sulfide) groups is 1. The third-order valence-electron chi connectivity index (χ3n) is 4.16. The highest BCUT2D eigenvalue weighted by molar-refractivity contribution is 7.99. The number of carbonyl (C=O) groups is 1. The van der Waals surface area contributed by atoms with Gasteiger partial charge in [0.05, 0.1) is 18.6 Å². The van der Waals surface area contributed by atoms with E-state index in [2.05, 4.69) is 27.1 Å². The number of anilines is 1. The molecule has 0 bridgehead atoms. The zero-order valence-corrected chi connectivity index (χ0v) is 18.7. The second-order valence-corrected chi connectivity index (χ2v) is 7.65. The molecule has 1 amide bonds. The van der Waals surface area contributed by atoms with Crippen LogP contribution in [0, 0.1) is 0 Å². The molecule has 1 unspecified atom stereocenters. The summed E-state index contributed by atoms with van der Waals surface area (Å²) in [5.41, 5.74) is 0.463. The predicted molar refractivity (Wildman–Crippen MR) is 121 cm³/mol. The fourth-order valence-corrected chi connectivity index (χ4v) is 3.64. The molecule has 0 aliphatic carbocycles. The highest BCUT2D eigenvalue weighted by Gasteiger charge is 2.20. The summed E-state index contributed by atoms with van der Waals surface area (Å²) >= 11 is 7.25. The number of nitrogens with one attached hydrogen (secondary N) is 1. The number of amides is 1. The first kappa shape index (κ1) is 22.6.